The summed E-state index contributed by atoms with van der Waals surface area (Å²) in [5.74, 6) is 0. The van der Waals surface area contributed by atoms with Crippen LogP contribution in [0.5, 0.6) is 0 Å². The average molecular weight is 396 g/mol. The van der Waals surface area contributed by atoms with Gasteiger partial charge in [-0.25, -0.2) is 4.57 Å². The minimum atomic E-state index is -5.05. The minimum absolute atomic E-state index is 0.0520. The molecule has 0 aromatic heterocycles. The van der Waals surface area contributed by atoms with Crippen LogP contribution in [0.2, 0.25) is 0 Å². The van der Waals surface area contributed by atoms with Crippen molar-refractivity contribution in [3.63, 3.8) is 0 Å². The van der Waals surface area contributed by atoms with Crippen LogP contribution in [0.3, 0.4) is 0 Å². The lowest BCUT2D eigenvalue weighted by molar-refractivity contribution is 0.0340. The van der Waals surface area contributed by atoms with Crippen LogP contribution in [0.4, 0.5) is 0 Å². The third-order valence-electron chi connectivity index (χ3n) is 3.28. The monoisotopic (exact) mass is 396 g/mol. The van der Waals surface area contributed by atoms with Crippen LogP contribution < -0.4 is 0 Å². The Labute approximate surface area is 133 Å². The summed E-state index contributed by atoms with van der Waals surface area (Å²) in [7, 11) is -12.6. The smallest absolute Gasteiger partial charge is 0.381 e. The highest BCUT2D eigenvalue weighted by molar-refractivity contribution is 7.55. The van der Waals surface area contributed by atoms with E-state index in [1.807, 2.05) is 0 Å². The maximum Gasteiger partial charge on any atom is 0.470 e. The lowest BCUT2D eigenvalue weighted by Gasteiger charge is -2.30. The Balaban J connectivity index is 2.81. The van der Waals surface area contributed by atoms with Crippen LogP contribution in [0.1, 0.15) is 20.3 Å². The van der Waals surface area contributed by atoms with Gasteiger partial charge in [-0.15, -0.1) is 0 Å². The summed E-state index contributed by atoms with van der Waals surface area (Å²) in [6.07, 6.45) is -1.08. The molecule has 15 heteroatoms. The van der Waals surface area contributed by atoms with Gasteiger partial charge in [0.05, 0.1) is 18.4 Å². The molecular weight excluding hydrogens is 376 g/mol. The molecule has 0 aromatic rings. The van der Waals surface area contributed by atoms with Crippen molar-refractivity contribution in [3.05, 3.63) is 0 Å². The first-order valence-electron chi connectivity index (χ1n) is 6.49. The van der Waals surface area contributed by atoms with Crippen molar-refractivity contribution in [2.45, 2.75) is 43.4 Å². The summed E-state index contributed by atoms with van der Waals surface area (Å²) in [4.78, 5) is 45.9. The van der Waals surface area contributed by atoms with Crippen molar-refractivity contribution in [2.24, 2.45) is 0 Å². The fourth-order valence-corrected chi connectivity index (χ4v) is 5.25. The van der Waals surface area contributed by atoms with Crippen molar-refractivity contribution < 1.29 is 51.9 Å². The number of phosphoric acid groups is 1. The van der Waals surface area contributed by atoms with Gasteiger partial charge in [0.1, 0.15) is 7.85 Å². The first-order valence-corrected chi connectivity index (χ1v) is 11.3. The second kappa shape index (κ2) is 6.98. The molecule has 0 radical (unpaired) electrons. The number of phosphoric ester groups is 1. The summed E-state index contributed by atoms with van der Waals surface area (Å²) in [5, 5.41) is -2.23. The van der Waals surface area contributed by atoms with Gasteiger partial charge in [0.15, 0.2) is 5.34 Å². The highest BCUT2D eigenvalue weighted by atomic mass is 31.2. The minimum Gasteiger partial charge on any atom is -0.381 e. The third kappa shape index (κ3) is 6.02. The summed E-state index contributed by atoms with van der Waals surface area (Å²) in [6.45, 7) is 1.26. The van der Waals surface area contributed by atoms with E-state index in [0.29, 0.717) is 0 Å². The van der Waals surface area contributed by atoms with Crippen LogP contribution in [0, 0.1) is 0 Å². The van der Waals surface area contributed by atoms with Crippen molar-refractivity contribution >= 4 is 30.9 Å². The molecule has 11 nitrogen and oxygen atoms in total. The van der Waals surface area contributed by atoms with Crippen LogP contribution in [0.25, 0.3) is 0 Å². The van der Waals surface area contributed by atoms with Crippen LogP contribution in [-0.4, -0.2) is 62.0 Å². The standard InChI is InChI=1S/C8H20BO11P3/c1-8(2,20-23(15,16)17)22(13,14)18-4-5-6(21(10,11)12)3-7(9)19-5/h5-7H,3-4,9H2,1-2H3,(H,13,14)(H2,10,11,12)(H2,15,16,17). The molecule has 1 saturated heterocycles. The van der Waals surface area contributed by atoms with Gasteiger partial charge in [-0.05, 0) is 20.3 Å². The molecule has 4 atom stereocenters. The Hall–Kier alpha value is 0.435. The predicted molar refractivity (Wildman–Crippen MR) is 80.6 cm³/mol. The van der Waals surface area contributed by atoms with E-state index in [-0.39, 0.29) is 6.42 Å². The quantitative estimate of drug-likeness (QED) is 0.272. The van der Waals surface area contributed by atoms with Crippen molar-refractivity contribution in [1.29, 1.82) is 0 Å². The van der Waals surface area contributed by atoms with E-state index < -0.39 is 52.7 Å². The molecule has 1 heterocycles. The zero-order valence-electron chi connectivity index (χ0n) is 12.7. The van der Waals surface area contributed by atoms with Crippen molar-refractivity contribution in [1.82, 2.24) is 0 Å². The average Bonchev–Trinajstić information content (AvgIpc) is 2.64. The molecule has 4 unspecified atom stereocenters. The van der Waals surface area contributed by atoms with E-state index in [2.05, 4.69) is 4.52 Å². The van der Waals surface area contributed by atoms with Gasteiger partial charge in [-0.2, -0.15) is 0 Å². The second-order valence-corrected chi connectivity index (χ2v) is 11.1. The van der Waals surface area contributed by atoms with E-state index >= 15 is 0 Å². The Morgan fingerprint density at radius 1 is 1.17 bits per heavy atom. The molecule has 5 N–H and O–H groups in total. The van der Waals surface area contributed by atoms with Gasteiger partial charge in [0.2, 0.25) is 0 Å². The number of hydrogen-bond donors (Lipinski definition) is 5. The summed E-state index contributed by atoms with van der Waals surface area (Å²) in [6, 6.07) is -0.473. The maximum absolute atomic E-state index is 12.1. The van der Waals surface area contributed by atoms with E-state index in [9.17, 15) is 28.4 Å². The Kier molecular flexibility index (Phi) is 6.52. The summed E-state index contributed by atoms with van der Waals surface area (Å²) in [5.41, 5.74) is -1.19. The molecule has 0 amide bonds. The number of hydrogen-bond acceptors (Lipinski definition) is 6. The van der Waals surface area contributed by atoms with E-state index in [1.54, 1.807) is 7.85 Å². The Bertz CT molecular complexity index is 568. The molecule has 0 spiro atoms. The molecule has 1 aliphatic rings. The van der Waals surface area contributed by atoms with Crippen LogP contribution >= 0.6 is 23.0 Å². The number of rotatable bonds is 7. The summed E-state index contributed by atoms with van der Waals surface area (Å²) >= 11 is 0. The van der Waals surface area contributed by atoms with Crippen LogP contribution in [0.15, 0.2) is 0 Å². The molecule has 0 saturated carbocycles. The molecule has 1 aliphatic heterocycles. The normalized spacial score (nSPS) is 29.4. The highest BCUT2D eigenvalue weighted by Gasteiger charge is 2.49. The zero-order valence-corrected chi connectivity index (χ0v) is 15.4. The Morgan fingerprint density at radius 2 is 1.70 bits per heavy atom. The van der Waals surface area contributed by atoms with E-state index in [0.717, 1.165) is 13.8 Å². The Morgan fingerprint density at radius 3 is 2.13 bits per heavy atom. The van der Waals surface area contributed by atoms with Crippen LogP contribution in [-0.2, 0) is 27.5 Å². The van der Waals surface area contributed by atoms with Gasteiger partial charge < -0.3 is 33.7 Å². The topological polar surface area (TPSA) is 180 Å². The fourth-order valence-electron chi connectivity index (χ4n) is 2.11. The maximum atomic E-state index is 12.1. The molecule has 0 aromatic carbocycles. The zero-order chi connectivity index (χ0) is 18.3. The fraction of sp³-hybridized carbons (Fsp3) is 1.00. The van der Waals surface area contributed by atoms with Gasteiger partial charge in [-0.1, -0.05) is 0 Å². The SMILES string of the molecule is BC1CC(P(=O)(O)O)C(COP(=O)(O)C(C)(C)OP(=O)(O)O)O1. The summed E-state index contributed by atoms with van der Waals surface area (Å²) < 4.78 is 48.7. The van der Waals surface area contributed by atoms with Crippen molar-refractivity contribution in [3.8, 4) is 0 Å². The molecule has 23 heavy (non-hydrogen) atoms. The third-order valence-corrected chi connectivity index (χ3v) is 7.48. The molecule has 136 valence electrons. The number of ether oxygens (including phenoxy) is 1. The largest absolute Gasteiger partial charge is 0.470 e. The van der Waals surface area contributed by atoms with Crippen molar-refractivity contribution in [2.75, 3.05) is 6.61 Å². The molecule has 1 fully saturated rings. The second-order valence-electron chi connectivity index (χ2n) is 5.72. The molecule has 0 bridgehead atoms. The van der Waals surface area contributed by atoms with Gasteiger partial charge >= 0.3 is 23.0 Å². The lowest BCUT2D eigenvalue weighted by Crippen LogP contribution is -2.30. The van der Waals surface area contributed by atoms with Gasteiger partial charge in [0, 0.05) is 6.00 Å². The van der Waals surface area contributed by atoms with E-state index in [4.69, 9.17) is 19.0 Å². The molecular formula is C8H20BO11P3. The molecule has 0 aliphatic carbocycles. The first kappa shape index (κ1) is 21.5. The lowest BCUT2D eigenvalue weighted by atomic mass is 9.97. The van der Waals surface area contributed by atoms with Gasteiger partial charge in [-0.3, -0.25) is 13.7 Å². The van der Waals surface area contributed by atoms with Gasteiger partial charge in [0.25, 0.3) is 0 Å². The first-order chi connectivity index (χ1) is 10.1. The highest BCUT2D eigenvalue weighted by Crippen LogP contribution is 2.61. The molecule has 1 rings (SSSR count). The van der Waals surface area contributed by atoms with E-state index in [1.165, 1.54) is 0 Å². The predicted octanol–water partition coefficient (Wildman–Crippen LogP) is -0.672.